The van der Waals surface area contributed by atoms with Gasteiger partial charge in [0.1, 0.15) is 11.6 Å². The fraction of sp³-hybridized carbons (Fsp3) is 0.0625. The van der Waals surface area contributed by atoms with Crippen molar-refractivity contribution in [1.82, 2.24) is 0 Å². The van der Waals surface area contributed by atoms with Crippen LogP contribution in [0.25, 0.3) is 6.08 Å². The Balaban J connectivity index is 2.01. The Bertz CT molecular complexity index is 668. The summed E-state index contributed by atoms with van der Waals surface area (Å²) < 4.78 is 19.2. The molecule has 0 aliphatic rings. The predicted octanol–water partition coefficient (Wildman–Crippen LogP) is 4.25. The van der Waals surface area contributed by atoms with Crippen LogP contribution in [0.2, 0.25) is 0 Å². The highest BCUT2D eigenvalue weighted by molar-refractivity contribution is 9.10. The van der Waals surface area contributed by atoms with Crippen molar-refractivity contribution >= 4 is 33.6 Å². The van der Waals surface area contributed by atoms with Crippen molar-refractivity contribution in [2.24, 2.45) is 0 Å². The second kappa shape index (κ2) is 7.04. The Hall–Kier alpha value is -2.14. The van der Waals surface area contributed by atoms with Gasteiger partial charge in [-0.15, -0.1) is 0 Å². The summed E-state index contributed by atoms with van der Waals surface area (Å²) in [5.74, 6) is -0.142. The molecule has 1 amide bonds. The lowest BCUT2D eigenvalue weighted by Crippen LogP contribution is -2.09. The van der Waals surface area contributed by atoms with Gasteiger partial charge in [0, 0.05) is 10.5 Å². The van der Waals surface area contributed by atoms with E-state index in [1.807, 2.05) is 12.1 Å². The van der Waals surface area contributed by atoms with Gasteiger partial charge < -0.3 is 10.1 Å². The zero-order valence-electron chi connectivity index (χ0n) is 11.3. The van der Waals surface area contributed by atoms with E-state index in [2.05, 4.69) is 21.2 Å². The van der Waals surface area contributed by atoms with Crippen LogP contribution in [-0.2, 0) is 4.79 Å². The van der Waals surface area contributed by atoms with Gasteiger partial charge in [0.05, 0.1) is 12.8 Å². The first kappa shape index (κ1) is 15.3. The van der Waals surface area contributed by atoms with E-state index >= 15 is 0 Å². The molecule has 2 rings (SSSR count). The van der Waals surface area contributed by atoms with E-state index in [9.17, 15) is 9.18 Å². The number of carbonyl (C=O) groups is 1. The first-order chi connectivity index (χ1) is 10.1. The van der Waals surface area contributed by atoms with Crippen LogP contribution in [0, 0.1) is 5.82 Å². The van der Waals surface area contributed by atoms with E-state index in [1.165, 1.54) is 18.2 Å². The van der Waals surface area contributed by atoms with E-state index in [0.717, 1.165) is 11.3 Å². The van der Waals surface area contributed by atoms with Gasteiger partial charge in [-0.3, -0.25) is 4.79 Å². The van der Waals surface area contributed by atoms with Crippen LogP contribution < -0.4 is 10.1 Å². The summed E-state index contributed by atoms with van der Waals surface area (Å²) in [7, 11) is 1.59. The molecule has 0 aliphatic heterocycles. The third-order valence-corrected chi connectivity index (χ3v) is 3.23. The van der Waals surface area contributed by atoms with Gasteiger partial charge in [0.25, 0.3) is 0 Å². The number of halogens is 2. The molecule has 0 atom stereocenters. The van der Waals surface area contributed by atoms with Crippen LogP contribution in [0.4, 0.5) is 10.1 Å². The maximum atomic E-state index is 13.6. The second-order valence-electron chi connectivity index (χ2n) is 4.22. The molecule has 0 fully saturated rings. The average Bonchev–Trinajstić information content (AvgIpc) is 2.48. The van der Waals surface area contributed by atoms with Gasteiger partial charge in [-0.05, 0) is 42.0 Å². The quantitative estimate of drug-likeness (QED) is 0.838. The normalized spacial score (nSPS) is 10.6. The number of nitrogens with one attached hydrogen (secondary N) is 1. The molecule has 0 saturated heterocycles. The highest BCUT2D eigenvalue weighted by Gasteiger charge is 2.04. The molecule has 0 aromatic heterocycles. The molecule has 0 aliphatic carbocycles. The SMILES string of the molecule is COc1ccc(C=CC(=O)Nc2ccc(Br)cc2F)cc1. The highest BCUT2D eigenvalue weighted by atomic mass is 79.9. The lowest BCUT2D eigenvalue weighted by molar-refractivity contribution is -0.111. The molecule has 2 aromatic carbocycles. The van der Waals surface area contributed by atoms with Crippen LogP contribution in [0.15, 0.2) is 53.0 Å². The summed E-state index contributed by atoms with van der Waals surface area (Å²) in [6, 6.07) is 11.7. The Morgan fingerprint density at radius 3 is 2.57 bits per heavy atom. The highest BCUT2D eigenvalue weighted by Crippen LogP contribution is 2.19. The summed E-state index contributed by atoms with van der Waals surface area (Å²) in [6.45, 7) is 0. The van der Waals surface area contributed by atoms with Gasteiger partial charge in [0.15, 0.2) is 0 Å². The van der Waals surface area contributed by atoms with Gasteiger partial charge in [-0.25, -0.2) is 4.39 Å². The van der Waals surface area contributed by atoms with E-state index in [0.29, 0.717) is 4.47 Å². The summed E-state index contributed by atoms with van der Waals surface area (Å²) in [4.78, 5) is 11.7. The number of amides is 1. The smallest absolute Gasteiger partial charge is 0.248 e. The fourth-order valence-electron chi connectivity index (χ4n) is 1.65. The number of hydrogen-bond acceptors (Lipinski definition) is 2. The predicted molar refractivity (Wildman–Crippen MR) is 84.8 cm³/mol. The average molecular weight is 350 g/mol. The minimum atomic E-state index is -0.490. The van der Waals surface area contributed by atoms with Crippen molar-refractivity contribution in [2.75, 3.05) is 12.4 Å². The van der Waals surface area contributed by atoms with E-state index in [-0.39, 0.29) is 5.69 Å². The largest absolute Gasteiger partial charge is 0.497 e. The van der Waals surface area contributed by atoms with E-state index in [1.54, 1.807) is 31.4 Å². The van der Waals surface area contributed by atoms with E-state index < -0.39 is 11.7 Å². The minimum Gasteiger partial charge on any atom is -0.497 e. The molecule has 5 heteroatoms. The van der Waals surface area contributed by atoms with Crippen LogP contribution in [0.3, 0.4) is 0 Å². The zero-order valence-corrected chi connectivity index (χ0v) is 12.9. The minimum absolute atomic E-state index is 0.141. The Labute approximate surface area is 130 Å². The third kappa shape index (κ3) is 4.43. The lowest BCUT2D eigenvalue weighted by atomic mass is 10.2. The number of methoxy groups -OCH3 is 1. The molecule has 21 heavy (non-hydrogen) atoms. The number of rotatable bonds is 4. The fourth-order valence-corrected chi connectivity index (χ4v) is 1.99. The second-order valence-corrected chi connectivity index (χ2v) is 5.14. The number of carbonyl (C=O) groups excluding carboxylic acids is 1. The standard InChI is InChI=1S/C16H13BrFNO2/c1-21-13-6-2-11(3-7-13)4-9-16(20)19-15-8-5-12(17)10-14(15)18/h2-10H,1H3,(H,19,20). The van der Waals surface area contributed by atoms with Crippen molar-refractivity contribution in [3.05, 3.63) is 64.4 Å². The van der Waals surface area contributed by atoms with Gasteiger partial charge >= 0.3 is 0 Å². The van der Waals surface area contributed by atoms with Crippen LogP contribution in [-0.4, -0.2) is 13.0 Å². The molecular formula is C16H13BrFNO2. The third-order valence-electron chi connectivity index (χ3n) is 2.73. The van der Waals surface area contributed by atoms with Crippen molar-refractivity contribution in [2.45, 2.75) is 0 Å². The van der Waals surface area contributed by atoms with Gasteiger partial charge in [-0.2, -0.15) is 0 Å². The first-order valence-corrected chi connectivity index (χ1v) is 6.96. The molecule has 0 unspecified atom stereocenters. The molecule has 1 N–H and O–H groups in total. The van der Waals surface area contributed by atoms with Crippen molar-refractivity contribution in [3.63, 3.8) is 0 Å². The number of benzene rings is 2. The lowest BCUT2D eigenvalue weighted by Gasteiger charge is -2.04. The van der Waals surface area contributed by atoms with Crippen LogP contribution in [0.5, 0.6) is 5.75 Å². The summed E-state index contributed by atoms with van der Waals surface area (Å²) >= 11 is 3.16. The van der Waals surface area contributed by atoms with Crippen LogP contribution in [0.1, 0.15) is 5.56 Å². The van der Waals surface area contributed by atoms with Crippen molar-refractivity contribution < 1.29 is 13.9 Å². The molecule has 0 bridgehead atoms. The van der Waals surface area contributed by atoms with Gasteiger partial charge in [0.2, 0.25) is 5.91 Å². The molecule has 3 nitrogen and oxygen atoms in total. The van der Waals surface area contributed by atoms with Crippen molar-refractivity contribution in [1.29, 1.82) is 0 Å². The maximum Gasteiger partial charge on any atom is 0.248 e. The monoisotopic (exact) mass is 349 g/mol. The molecule has 0 heterocycles. The molecule has 108 valence electrons. The molecule has 0 radical (unpaired) electrons. The number of ether oxygens (including phenoxy) is 1. The van der Waals surface area contributed by atoms with Crippen LogP contribution >= 0.6 is 15.9 Å². The number of anilines is 1. The maximum absolute atomic E-state index is 13.6. The first-order valence-electron chi connectivity index (χ1n) is 6.16. The molecule has 2 aromatic rings. The van der Waals surface area contributed by atoms with Crippen molar-refractivity contribution in [3.8, 4) is 5.75 Å². The molecule has 0 spiro atoms. The topological polar surface area (TPSA) is 38.3 Å². The Morgan fingerprint density at radius 1 is 1.24 bits per heavy atom. The Morgan fingerprint density at radius 2 is 1.95 bits per heavy atom. The van der Waals surface area contributed by atoms with E-state index in [4.69, 9.17) is 4.74 Å². The summed E-state index contributed by atoms with van der Waals surface area (Å²) in [5.41, 5.74) is 0.991. The zero-order chi connectivity index (χ0) is 15.2. The Kier molecular flexibility index (Phi) is 5.11. The summed E-state index contributed by atoms with van der Waals surface area (Å²) in [5, 5.41) is 2.48. The van der Waals surface area contributed by atoms with Gasteiger partial charge in [-0.1, -0.05) is 28.1 Å². The molecular weight excluding hydrogens is 337 g/mol. The molecule has 0 saturated carbocycles. The number of hydrogen-bond donors (Lipinski definition) is 1. The summed E-state index contributed by atoms with van der Waals surface area (Å²) in [6.07, 6.45) is 2.99.